The second-order valence-electron chi connectivity index (χ2n) is 4.82. The van der Waals surface area contributed by atoms with E-state index in [9.17, 15) is 9.59 Å². The van der Waals surface area contributed by atoms with Gasteiger partial charge >= 0.3 is 11.9 Å². The fourth-order valence-electron chi connectivity index (χ4n) is 2.40. The number of aryl methyl sites for hydroxylation is 1. The van der Waals surface area contributed by atoms with E-state index in [-0.39, 0.29) is 18.8 Å². The van der Waals surface area contributed by atoms with Gasteiger partial charge in [-0.25, -0.2) is 0 Å². The number of esters is 1. The summed E-state index contributed by atoms with van der Waals surface area (Å²) in [6.45, 7) is 0. The van der Waals surface area contributed by atoms with Crippen molar-refractivity contribution in [1.82, 2.24) is 0 Å². The molecule has 0 amide bonds. The average Bonchev–Trinajstić information content (AvgIpc) is 2.39. The van der Waals surface area contributed by atoms with Crippen LogP contribution in [0.2, 0.25) is 0 Å². The first-order valence-electron chi connectivity index (χ1n) is 6.70. The minimum atomic E-state index is -0.884. The monoisotopic (exact) mass is 262 g/mol. The Bertz CT molecular complexity index is 479. The first kappa shape index (κ1) is 13.6. The molecule has 0 saturated carbocycles. The van der Waals surface area contributed by atoms with Gasteiger partial charge in [-0.2, -0.15) is 0 Å². The van der Waals surface area contributed by atoms with Gasteiger partial charge < -0.3 is 9.84 Å². The Labute approximate surface area is 112 Å². The minimum absolute atomic E-state index is 0.00198. The van der Waals surface area contributed by atoms with Crippen LogP contribution in [-0.2, 0) is 22.4 Å². The molecule has 1 aromatic carbocycles. The molecule has 0 heterocycles. The fourth-order valence-corrected chi connectivity index (χ4v) is 2.40. The van der Waals surface area contributed by atoms with Crippen LogP contribution in [-0.4, -0.2) is 17.0 Å². The van der Waals surface area contributed by atoms with Gasteiger partial charge in [-0.05, 0) is 49.3 Å². The van der Waals surface area contributed by atoms with E-state index in [4.69, 9.17) is 9.84 Å². The summed E-state index contributed by atoms with van der Waals surface area (Å²) in [5.74, 6) is -0.581. The van der Waals surface area contributed by atoms with Crippen molar-refractivity contribution in [2.75, 3.05) is 0 Å². The van der Waals surface area contributed by atoms with Gasteiger partial charge in [-0.3, -0.25) is 9.59 Å². The maximum Gasteiger partial charge on any atom is 0.311 e. The van der Waals surface area contributed by atoms with Crippen LogP contribution >= 0.6 is 0 Å². The summed E-state index contributed by atoms with van der Waals surface area (Å²) in [6.07, 6.45) is 4.78. The summed E-state index contributed by atoms with van der Waals surface area (Å²) in [5, 5.41) is 8.52. The summed E-state index contributed by atoms with van der Waals surface area (Å²) in [6, 6.07) is 5.81. The van der Waals surface area contributed by atoms with Crippen LogP contribution in [0.25, 0.3) is 0 Å². The van der Waals surface area contributed by atoms with Crippen LogP contribution < -0.4 is 4.74 Å². The Hall–Kier alpha value is -1.84. The molecule has 0 bridgehead atoms. The first-order chi connectivity index (χ1) is 9.16. The molecule has 0 saturated heterocycles. The fraction of sp³-hybridized carbons (Fsp3) is 0.467. The van der Waals surface area contributed by atoms with Gasteiger partial charge in [0.1, 0.15) is 5.75 Å². The topological polar surface area (TPSA) is 63.6 Å². The highest BCUT2D eigenvalue weighted by molar-refractivity contribution is 5.74. The third kappa shape index (κ3) is 3.81. The number of carboxylic acids is 1. The average molecular weight is 262 g/mol. The number of ether oxygens (including phenoxy) is 1. The second kappa shape index (κ2) is 6.36. The van der Waals surface area contributed by atoms with Gasteiger partial charge in [-0.15, -0.1) is 0 Å². The molecule has 0 fully saturated rings. The van der Waals surface area contributed by atoms with E-state index in [0.717, 1.165) is 24.8 Å². The number of hydrogen-bond donors (Lipinski definition) is 1. The number of fused-ring (bicyclic) bond motifs is 1. The molecular formula is C15H18O4. The van der Waals surface area contributed by atoms with Crippen LogP contribution in [0.3, 0.4) is 0 Å². The van der Waals surface area contributed by atoms with E-state index in [0.29, 0.717) is 12.2 Å². The summed E-state index contributed by atoms with van der Waals surface area (Å²) in [4.78, 5) is 22.0. The molecule has 0 aromatic heterocycles. The molecule has 1 aromatic rings. The van der Waals surface area contributed by atoms with E-state index < -0.39 is 5.97 Å². The molecule has 4 heteroatoms. The number of carbonyl (C=O) groups is 2. The molecule has 1 N–H and O–H groups in total. The minimum Gasteiger partial charge on any atom is -0.481 e. The van der Waals surface area contributed by atoms with Crippen LogP contribution in [0.15, 0.2) is 18.2 Å². The summed E-state index contributed by atoms with van der Waals surface area (Å²) >= 11 is 0. The van der Waals surface area contributed by atoms with Gasteiger partial charge in [0.15, 0.2) is 0 Å². The molecule has 0 atom stereocenters. The van der Waals surface area contributed by atoms with Crippen LogP contribution in [0.1, 0.15) is 43.2 Å². The molecule has 1 aliphatic carbocycles. The molecule has 2 rings (SSSR count). The van der Waals surface area contributed by atoms with Crippen molar-refractivity contribution in [2.24, 2.45) is 0 Å². The summed E-state index contributed by atoms with van der Waals surface area (Å²) in [7, 11) is 0. The Kier molecular flexibility index (Phi) is 4.55. The van der Waals surface area contributed by atoms with Gasteiger partial charge in [-0.1, -0.05) is 12.1 Å². The van der Waals surface area contributed by atoms with E-state index in [2.05, 4.69) is 6.07 Å². The highest BCUT2D eigenvalue weighted by atomic mass is 16.5. The zero-order chi connectivity index (χ0) is 13.7. The van der Waals surface area contributed by atoms with Gasteiger partial charge in [0.25, 0.3) is 0 Å². The SMILES string of the molecule is O=C(O)CCCC(=O)Oc1cccc2c1CCCC2. The number of carboxylic acid groups (broad SMARTS) is 1. The number of hydrogen-bond acceptors (Lipinski definition) is 3. The molecule has 102 valence electrons. The van der Waals surface area contributed by atoms with Gasteiger partial charge in [0.05, 0.1) is 0 Å². The van der Waals surface area contributed by atoms with Crippen molar-refractivity contribution >= 4 is 11.9 Å². The molecule has 19 heavy (non-hydrogen) atoms. The highest BCUT2D eigenvalue weighted by Crippen LogP contribution is 2.29. The van der Waals surface area contributed by atoms with Crippen molar-refractivity contribution in [3.63, 3.8) is 0 Å². The Morgan fingerprint density at radius 3 is 2.74 bits per heavy atom. The Balaban J connectivity index is 1.95. The van der Waals surface area contributed by atoms with Crippen LogP contribution in [0.5, 0.6) is 5.75 Å². The molecule has 1 aliphatic rings. The number of rotatable bonds is 5. The van der Waals surface area contributed by atoms with E-state index in [1.54, 1.807) is 0 Å². The molecule has 0 radical (unpaired) electrons. The van der Waals surface area contributed by atoms with Gasteiger partial charge in [0.2, 0.25) is 0 Å². The second-order valence-corrected chi connectivity index (χ2v) is 4.82. The van der Waals surface area contributed by atoms with Crippen molar-refractivity contribution in [3.8, 4) is 5.75 Å². The van der Waals surface area contributed by atoms with E-state index in [1.165, 1.54) is 12.0 Å². The third-order valence-corrected chi connectivity index (χ3v) is 3.35. The largest absolute Gasteiger partial charge is 0.481 e. The van der Waals surface area contributed by atoms with Crippen molar-refractivity contribution in [3.05, 3.63) is 29.3 Å². The third-order valence-electron chi connectivity index (χ3n) is 3.35. The van der Waals surface area contributed by atoms with Gasteiger partial charge in [0, 0.05) is 12.8 Å². The van der Waals surface area contributed by atoms with Crippen molar-refractivity contribution in [2.45, 2.75) is 44.9 Å². The molecule has 0 aliphatic heterocycles. The highest BCUT2D eigenvalue weighted by Gasteiger charge is 2.16. The molecular weight excluding hydrogens is 244 g/mol. The maximum atomic E-state index is 11.7. The zero-order valence-corrected chi connectivity index (χ0v) is 10.9. The lowest BCUT2D eigenvalue weighted by Gasteiger charge is -2.18. The zero-order valence-electron chi connectivity index (χ0n) is 10.9. The number of aliphatic carboxylic acids is 1. The van der Waals surface area contributed by atoms with Crippen LogP contribution in [0.4, 0.5) is 0 Å². The Morgan fingerprint density at radius 2 is 1.95 bits per heavy atom. The van der Waals surface area contributed by atoms with Crippen molar-refractivity contribution in [1.29, 1.82) is 0 Å². The maximum absolute atomic E-state index is 11.7. The number of benzene rings is 1. The van der Waals surface area contributed by atoms with Crippen LogP contribution in [0, 0.1) is 0 Å². The predicted molar refractivity (Wildman–Crippen MR) is 70.2 cm³/mol. The number of carbonyl (C=O) groups excluding carboxylic acids is 1. The molecule has 0 spiro atoms. The Morgan fingerprint density at radius 1 is 1.16 bits per heavy atom. The quantitative estimate of drug-likeness (QED) is 0.654. The standard InChI is InChI=1S/C15H18O4/c16-14(17)9-4-10-15(18)19-13-8-3-6-11-5-1-2-7-12(11)13/h3,6,8H,1-2,4-5,7,9-10H2,(H,16,17). The van der Waals surface area contributed by atoms with E-state index >= 15 is 0 Å². The lowest BCUT2D eigenvalue weighted by Crippen LogP contribution is -2.12. The molecule has 4 nitrogen and oxygen atoms in total. The lowest BCUT2D eigenvalue weighted by molar-refractivity contribution is -0.137. The summed E-state index contributed by atoms with van der Waals surface area (Å²) in [5.41, 5.74) is 2.41. The van der Waals surface area contributed by atoms with Crippen molar-refractivity contribution < 1.29 is 19.4 Å². The smallest absolute Gasteiger partial charge is 0.311 e. The lowest BCUT2D eigenvalue weighted by atomic mass is 9.91. The molecule has 0 unspecified atom stereocenters. The first-order valence-corrected chi connectivity index (χ1v) is 6.70. The summed E-state index contributed by atoms with van der Waals surface area (Å²) < 4.78 is 5.36. The normalized spacial score (nSPS) is 13.7. The predicted octanol–water partition coefficient (Wildman–Crippen LogP) is 2.73. The van der Waals surface area contributed by atoms with E-state index in [1.807, 2.05) is 12.1 Å².